The van der Waals surface area contributed by atoms with Crippen LogP contribution < -0.4 is 15.4 Å². The van der Waals surface area contributed by atoms with Gasteiger partial charge in [-0.3, -0.25) is 4.79 Å². The number of thioether (sulfide) groups is 1. The fraction of sp³-hybridized carbons (Fsp3) is 0.588. The topological polar surface area (TPSA) is 50.4 Å². The Morgan fingerprint density at radius 1 is 1.45 bits per heavy atom. The lowest BCUT2D eigenvalue weighted by atomic mass is 10.1. The minimum atomic E-state index is 0.00808. The number of para-hydroxylation sites is 2. The molecule has 5 heteroatoms. The van der Waals surface area contributed by atoms with Crippen molar-refractivity contribution in [2.45, 2.75) is 43.9 Å². The molecule has 1 aromatic carbocycles. The minimum absolute atomic E-state index is 0.00808. The highest BCUT2D eigenvalue weighted by Crippen LogP contribution is 2.37. The third-order valence-corrected chi connectivity index (χ3v) is 5.54. The zero-order valence-corrected chi connectivity index (χ0v) is 14.5. The largest absolute Gasteiger partial charge is 0.495 e. The van der Waals surface area contributed by atoms with Gasteiger partial charge in [0.05, 0.1) is 12.8 Å². The van der Waals surface area contributed by atoms with Crippen LogP contribution in [0, 0.1) is 0 Å². The smallest absolute Gasteiger partial charge is 0.226 e. The van der Waals surface area contributed by atoms with Crippen LogP contribution in [0.5, 0.6) is 5.75 Å². The highest BCUT2D eigenvalue weighted by molar-refractivity contribution is 8.00. The monoisotopic (exact) mass is 322 g/mol. The maximum Gasteiger partial charge on any atom is 0.226 e. The Balaban J connectivity index is 1.78. The number of nitrogens with one attached hydrogen (secondary N) is 2. The van der Waals surface area contributed by atoms with Crippen molar-refractivity contribution in [2.75, 3.05) is 24.7 Å². The van der Waals surface area contributed by atoms with Crippen LogP contribution in [0.25, 0.3) is 0 Å². The molecule has 1 heterocycles. The second-order valence-corrected chi connectivity index (χ2v) is 7.82. The van der Waals surface area contributed by atoms with Crippen molar-refractivity contribution in [1.82, 2.24) is 5.32 Å². The van der Waals surface area contributed by atoms with Crippen LogP contribution >= 0.6 is 11.8 Å². The molecule has 0 aromatic heterocycles. The molecular weight excluding hydrogens is 296 g/mol. The summed E-state index contributed by atoms with van der Waals surface area (Å²) in [5.41, 5.74) is 0.723. The van der Waals surface area contributed by atoms with Crippen molar-refractivity contribution in [3.63, 3.8) is 0 Å². The van der Waals surface area contributed by atoms with E-state index in [0.717, 1.165) is 12.2 Å². The van der Waals surface area contributed by atoms with Crippen LogP contribution in [-0.4, -0.2) is 36.1 Å². The average molecular weight is 322 g/mol. The summed E-state index contributed by atoms with van der Waals surface area (Å²) in [6.45, 7) is 5.32. The van der Waals surface area contributed by atoms with Gasteiger partial charge in [0.15, 0.2) is 0 Å². The van der Waals surface area contributed by atoms with E-state index in [2.05, 4.69) is 24.5 Å². The lowest BCUT2D eigenvalue weighted by Gasteiger charge is -2.25. The first kappa shape index (κ1) is 17.2. The van der Waals surface area contributed by atoms with E-state index in [1.54, 1.807) is 7.11 Å². The second kappa shape index (κ2) is 7.88. The standard InChI is InChI=1S/C17H26N2O2S/c1-13(18-12-17(2)9-6-10-22-17)11-16(20)19-14-7-4-5-8-15(14)21-3/h4-5,7-8,13,18H,6,9-12H2,1-3H3,(H,19,20)/t13-,17+/m0/s1. The van der Waals surface area contributed by atoms with Crippen LogP contribution in [0.1, 0.15) is 33.1 Å². The second-order valence-electron chi connectivity index (χ2n) is 6.14. The Bertz CT molecular complexity index is 501. The predicted molar refractivity (Wildman–Crippen MR) is 93.8 cm³/mol. The Kier molecular flexibility index (Phi) is 6.15. The summed E-state index contributed by atoms with van der Waals surface area (Å²) < 4.78 is 5.57. The third kappa shape index (κ3) is 4.92. The number of hydrogen-bond acceptors (Lipinski definition) is 4. The van der Waals surface area contributed by atoms with Crippen molar-refractivity contribution < 1.29 is 9.53 Å². The van der Waals surface area contributed by atoms with Gasteiger partial charge in [-0.2, -0.15) is 11.8 Å². The first-order chi connectivity index (χ1) is 10.5. The number of ether oxygens (including phenoxy) is 1. The van der Waals surface area contributed by atoms with E-state index in [1.165, 1.54) is 18.6 Å². The quantitative estimate of drug-likeness (QED) is 0.809. The van der Waals surface area contributed by atoms with Crippen LogP contribution in [0.4, 0.5) is 5.69 Å². The first-order valence-corrected chi connectivity index (χ1v) is 8.81. The van der Waals surface area contributed by atoms with Crippen LogP contribution in [-0.2, 0) is 4.79 Å². The number of rotatable bonds is 7. The van der Waals surface area contributed by atoms with Crippen molar-refractivity contribution >= 4 is 23.4 Å². The van der Waals surface area contributed by atoms with Crippen LogP contribution in [0.2, 0.25) is 0 Å². The van der Waals surface area contributed by atoms with Gasteiger partial charge < -0.3 is 15.4 Å². The summed E-state index contributed by atoms with van der Waals surface area (Å²) in [6, 6.07) is 7.63. The molecule has 22 heavy (non-hydrogen) atoms. The Morgan fingerprint density at radius 2 is 2.23 bits per heavy atom. The Morgan fingerprint density at radius 3 is 2.91 bits per heavy atom. The normalized spacial score (nSPS) is 22.3. The summed E-state index contributed by atoms with van der Waals surface area (Å²) >= 11 is 2.03. The zero-order valence-electron chi connectivity index (χ0n) is 13.6. The average Bonchev–Trinajstić information content (AvgIpc) is 2.93. The molecule has 2 rings (SSSR count). The predicted octanol–water partition coefficient (Wildman–Crippen LogP) is 3.29. The third-order valence-electron chi connectivity index (χ3n) is 4.00. The van der Waals surface area contributed by atoms with Gasteiger partial charge >= 0.3 is 0 Å². The van der Waals surface area contributed by atoms with Gasteiger partial charge in [-0.15, -0.1) is 0 Å². The molecule has 4 nitrogen and oxygen atoms in total. The van der Waals surface area contributed by atoms with Crippen LogP contribution in [0.3, 0.4) is 0 Å². The van der Waals surface area contributed by atoms with E-state index in [1.807, 2.05) is 36.0 Å². The first-order valence-electron chi connectivity index (χ1n) is 7.83. The van der Waals surface area contributed by atoms with Crippen LogP contribution in [0.15, 0.2) is 24.3 Å². The van der Waals surface area contributed by atoms with E-state index in [4.69, 9.17) is 4.74 Å². The summed E-state index contributed by atoms with van der Waals surface area (Å²) in [5.74, 6) is 1.95. The molecule has 1 amide bonds. The maximum atomic E-state index is 12.2. The van der Waals surface area contributed by atoms with Crippen molar-refractivity contribution in [1.29, 1.82) is 0 Å². The van der Waals surface area contributed by atoms with Gasteiger partial charge in [0.2, 0.25) is 5.91 Å². The molecule has 1 aliphatic heterocycles. The van der Waals surface area contributed by atoms with Crippen molar-refractivity contribution in [2.24, 2.45) is 0 Å². The molecule has 0 aliphatic carbocycles. The maximum absolute atomic E-state index is 12.2. The fourth-order valence-corrected chi connectivity index (χ4v) is 3.92. The molecule has 1 aromatic rings. The number of amides is 1. The highest BCUT2D eigenvalue weighted by atomic mass is 32.2. The van der Waals surface area contributed by atoms with E-state index >= 15 is 0 Å². The summed E-state index contributed by atoms with van der Waals surface area (Å²) in [6.07, 6.45) is 3.01. The molecular formula is C17H26N2O2S. The molecule has 0 saturated carbocycles. The summed E-state index contributed by atoms with van der Waals surface area (Å²) in [7, 11) is 1.61. The number of carbonyl (C=O) groups excluding carboxylic acids is 1. The molecule has 1 fully saturated rings. The minimum Gasteiger partial charge on any atom is -0.495 e. The van der Waals surface area contributed by atoms with E-state index < -0.39 is 0 Å². The fourth-order valence-electron chi connectivity index (χ4n) is 2.67. The molecule has 0 bridgehead atoms. The Labute approximate surface area is 137 Å². The molecule has 2 N–H and O–H groups in total. The van der Waals surface area contributed by atoms with Gasteiger partial charge in [0.25, 0.3) is 0 Å². The van der Waals surface area contributed by atoms with E-state index in [0.29, 0.717) is 16.9 Å². The molecule has 1 aliphatic rings. The number of benzene rings is 1. The van der Waals surface area contributed by atoms with E-state index in [9.17, 15) is 4.79 Å². The van der Waals surface area contributed by atoms with Gasteiger partial charge in [-0.05, 0) is 44.6 Å². The van der Waals surface area contributed by atoms with Gasteiger partial charge in [-0.25, -0.2) is 0 Å². The van der Waals surface area contributed by atoms with Gasteiger partial charge in [-0.1, -0.05) is 12.1 Å². The molecule has 122 valence electrons. The van der Waals surface area contributed by atoms with Gasteiger partial charge in [0, 0.05) is 23.8 Å². The number of hydrogen-bond donors (Lipinski definition) is 2. The molecule has 0 spiro atoms. The van der Waals surface area contributed by atoms with Crippen molar-refractivity contribution in [3.05, 3.63) is 24.3 Å². The highest BCUT2D eigenvalue weighted by Gasteiger charge is 2.29. The lowest BCUT2D eigenvalue weighted by molar-refractivity contribution is -0.116. The number of anilines is 1. The summed E-state index contributed by atoms with van der Waals surface area (Å²) in [4.78, 5) is 12.2. The van der Waals surface area contributed by atoms with E-state index in [-0.39, 0.29) is 11.9 Å². The molecule has 1 saturated heterocycles. The molecule has 0 unspecified atom stereocenters. The number of methoxy groups -OCH3 is 1. The summed E-state index contributed by atoms with van der Waals surface area (Å²) in [5, 5.41) is 6.42. The lowest BCUT2D eigenvalue weighted by Crippen LogP contribution is -2.39. The van der Waals surface area contributed by atoms with Gasteiger partial charge in [0.1, 0.15) is 5.75 Å². The SMILES string of the molecule is COc1ccccc1NC(=O)C[C@H](C)NC[C@@]1(C)CCCS1. The zero-order chi connectivity index (χ0) is 16.0. The van der Waals surface area contributed by atoms with Crippen molar-refractivity contribution in [3.8, 4) is 5.75 Å². The molecule has 2 atom stereocenters. The number of carbonyl (C=O) groups is 1. The molecule has 0 radical (unpaired) electrons. The Hall–Kier alpha value is -1.20.